The Balaban J connectivity index is 1.46. The lowest BCUT2D eigenvalue weighted by Gasteiger charge is -2.26. The van der Waals surface area contributed by atoms with Gasteiger partial charge in [0.1, 0.15) is 24.4 Å². The lowest BCUT2D eigenvalue weighted by molar-refractivity contribution is -0.144. The van der Waals surface area contributed by atoms with Gasteiger partial charge in [0.25, 0.3) is 5.91 Å². The number of nitrogens with zero attached hydrogens (tertiary/aromatic N) is 2. The van der Waals surface area contributed by atoms with E-state index in [4.69, 9.17) is 14.2 Å². The first-order valence-electron chi connectivity index (χ1n) is 9.67. The van der Waals surface area contributed by atoms with Crippen LogP contribution in [0.3, 0.4) is 0 Å². The Labute approximate surface area is 180 Å². The monoisotopic (exact) mass is 421 g/mol. The van der Waals surface area contributed by atoms with Crippen LogP contribution in [0.2, 0.25) is 0 Å². The van der Waals surface area contributed by atoms with Crippen LogP contribution in [0.5, 0.6) is 11.5 Å². The predicted molar refractivity (Wildman–Crippen MR) is 115 cm³/mol. The fourth-order valence-electron chi connectivity index (χ4n) is 2.82. The second kappa shape index (κ2) is 10.2. The summed E-state index contributed by atoms with van der Waals surface area (Å²) in [6.07, 6.45) is 1.07. The molecule has 8 nitrogen and oxygen atoms in total. The number of nitrogens with one attached hydrogen (secondary N) is 1. The van der Waals surface area contributed by atoms with Gasteiger partial charge in [-0.05, 0) is 35.9 Å². The van der Waals surface area contributed by atoms with Crippen molar-refractivity contribution in [3.8, 4) is 17.6 Å². The number of carbonyl (C=O) groups is 2. The summed E-state index contributed by atoms with van der Waals surface area (Å²) in [7, 11) is 3.83. The lowest BCUT2D eigenvalue weighted by atomic mass is 10.1. The first-order valence-corrected chi connectivity index (χ1v) is 9.67. The van der Waals surface area contributed by atoms with Crippen molar-refractivity contribution < 1.29 is 23.8 Å². The van der Waals surface area contributed by atoms with Gasteiger partial charge in [-0.1, -0.05) is 24.3 Å². The van der Waals surface area contributed by atoms with E-state index in [1.165, 1.54) is 6.08 Å². The number of rotatable bonds is 7. The molecule has 1 aliphatic heterocycles. The van der Waals surface area contributed by atoms with Crippen LogP contribution in [0.4, 0.5) is 5.69 Å². The molecule has 3 rings (SSSR count). The number of anilines is 1. The standard InChI is InChI=1S/C23H23N3O5/c1-26(2)18-9-7-16(8-10-18)11-17(12-24)23(28)30-15-22(27)25-13-19-14-29-20-5-3-4-6-21(20)31-19/h3-11,19H,13-15H2,1-2H3,(H,25,27)/b17-11+/t19-/m1/s1. The van der Waals surface area contributed by atoms with Crippen LogP contribution in [-0.4, -0.2) is 51.8 Å². The van der Waals surface area contributed by atoms with Gasteiger partial charge in [0.15, 0.2) is 18.1 Å². The van der Waals surface area contributed by atoms with Crippen LogP contribution in [0.15, 0.2) is 54.1 Å². The molecule has 1 N–H and O–H groups in total. The molecule has 0 saturated heterocycles. The van der Waals surface area contributed by atoms with E-state index >= 15 is 0 Å². The van der Waals surface area contributed by atoms with Gasteiger partial charge in [-0.2, -0.15) is 5.26 Å². The molecule has 0 fully saturated rings. The minimum absolute atomic E-state index is 0.189. The van der Waals surface area contributed by atoms with Crippen LogP contribution in [0, 0.1) is 11.3 Å². The van der Waals surface area contributed by atoms with Crippen molar-refractivity contribution in [2.24, 2.45) is 0 Å². The highest BCUT2D eigenvalue weighted by Gasteiger charge is 2.21. The molecular weight excluding hydrogens is 398 g/mol. The summed E-state index contributed by atoms with van der Waals surface area (Å²) in [6.45, 7) is -0.00349. The topological polar surface area (TPSA) is 101 Å². The predicted octanol–water partition coefficient (Wildman–Crippen LogP) is 2.16. The average molecular weight is 421 g/mol. The van der Waals surface area contributed by atoms with E-state index in [0.717, 1.165) is 5.69 Å². The van der Waals surface area contributed by atoms with Crippen LogP contribution < -0.4 is 19.7 Å². The number of para-hydroxylation sites is 2. The average Bonchev–Trinajstić information content (AvgIpc) is 2.79. The molecule has 0 aliphatic carbocycles. The number of amides is 1. The summed E-state index contributed by atoms with van der Waals surface area (Å²) < 4.78 is 16.3. The molecule has 0 aromatic heterocycles. The summed E-state index contributed by atoms with van der Waals surface area (Å²) in [4.78, 5) is 26.1. The highest BCUT2D eigenvalue weighted by molar-refractivity contribution is 5.98. The van der Waals surface area contributed by atoms with Gasteiger partial charge in [-0.15, -0.1) is 0 Å². The molecule has 0 spiro atoms. The quantitative estimate of drug-likeness (QED) is 0.415. The van der Waals surface area contributed by atoms with Crippen molar-refractivity contribution in [1.29, 1.82) is 5.26 Å². The minimum Gasteiger partial charge on any atom is -0.486 e. The van der Waals surface area contributed by atoms with Gasteiger partial charge in [0, 0.05) is 19.8 Å². The largest absolute Gasteiger partial charge is 0.486 e. The number of benzene rings is 2. The number of esters is 1. The van der Waals surface area contributed by atoms with E-state index in [1.54, 1.807) is 24.3 Å². The highest BCUT2D eigenvalue weighted by Crippen LogP contribution is 2.30. The van der Waals surface area contributed by atoms with E-state index in [9.17, 15) is 14.9 Å². The summed E-state index contributed by atoms with van der Waals surface area (Å²) >= 11 is 0. The van der Waals surface area contributed by atoms with Gasteiger partial charge in [-0.25, -0.2) is 4.79 Å². The van der Waals surface area contributed by atoms with Crippen molar-refractivity contribution in [3.63, 3.8) is 0 Å². The summed E-state index contributed by atoms with van der Waals surface area (Å²) in [5.41, 5.74) is 1.48. The molecule has 8 heteroatoms. The molecule has 2 aromatic rings. The molecular formula is C23H23N3O5. The third-order valence-electron chi connectivity index (χ3n) is 4.49. The zero-order chi connectivity index (χ0) is 22.2. The van der Waals surface area contributed by atoms with Crippen molar-refractivity contribution in [1.82, 2.24) is 5.32 Å². The van der Waals surface area contributed by atoms with Crippen molar-refractivity contribution in [2.75, 3.05) is 38.8 Å². The number of ether oxygens (including phenoxy) is 3. The molecule has 2 aromatic carbocycles. The maximum Gasteiger partial charge on any atom is 0.349 e. The fourth-order valence-corrected chi connectivity index (χ4v) is 2.82. The molecule has 0 saturated carbocycles. The third-order valence-corrected chi connectivity index (χ3v) is 4.49. The summed E-state index contributed by atoms with van der Waals surface area (Å²) in [5, 5.41) is 11.9. The second-order valence-corrected chi connectivity index (χ2v) is 7.03. The summed E-state index contributed by atoms with van der Waals surface area (Å²) in [5.74, 6) is -0.0861. The first-order chi connectivity index (χ1) is 15.0. The Morgan fingerprint density at radius 1 is 1.19 bits per heavy atom. The molecule has 31 heavy (non-hydrogen) atoms. The van der Waals surface area contributed by atoms with Gasteiger partial charge in [-0.3, -0.25) is 4.79 Å². The smallest absolute Gasteiger partial charge is 0.349 e. The molecule has 0 unspecified atom stereocenters. The summed E-state index contributed by atoms with van der Waals surface area (Å²) in [6, 6.07) is 16.4. The highest BCUT2D eigenvalue weighted by atomic mass is 16.6. The molecule has 1 heterocycles. The van der Waals surface area contributed by atoms with E-state index in [2.05, 4.69) is 5.32 Å². The van der Waals surface area contributed by atoms with Gasteiger partial charge < -0.3 is 24.4 Å². The Hall–Kier alpha value is -3.99. The van der Waals surface area contributed by atoms with E-state index in [0.29, 0.717) is 23.7 Å². The van der Waals surface area contributed by atoms with Crippen LogP contribution in [-0.2, 0) is 14.3 Å². The second-order valence-electron chi connectivity index (χ2n) is 7.03. The lowest BCUT2D eigenvalue weighted by Crippen LogP contribution is -2.42. The molecule has 1 aliphatic rings. The van der Waals surface area contributed by atoms with Crippen LogP contribution in [0.25, 0.3) is 6.08 Å². The normalized spacial score (nSPS) is 14.9. The molecule has 0 radical (unpaired) electrons. The number of hydrogen-bond donors (Lipinski definition) is 1. The van der Waals surface area contributed by atoms with Crippen LogP contribution >= 0.6 is 0 Å². The minimum atomic E-state index is -0.861. The number of hydrogen-bond acceptors (Lipinski definition) is 7. The van der Waals surface area contributed by atoms with Crippen molar-refractivity contribution in [2.45, 2.75) is 6.10 Å². The van der Waals surface area contributed by atoms with Gasteiger partial charge in [0.2, 0.25) is 0 Å². The fraction of sp³-hybridized carbons (Fsp3) is 0.261. The SMILES string of the molecule is CN(C)c1ccc(/C=C(\C#N)C(=O)OCC(=O)NC[C@@H]2COc3ccccc3O2)cc1. The molecule has 0 bridgehead atoms. The molecule has 1 amide bonds. The Morgan fingerprint density at radius 3 is 2.58 bits per heavy atom. The number of nitriles is 1. The van der Waals surface area contributed by atoms with Crippen molar-refractivity contribution in [3.05, 3.63) is 59.7 Å². The van der Waals surface area contributed by atoms with Gasteiger partial charge >= 0.3 is 5.97 Å². The third kappa shape index (κ3) is 6.00. The van der Waals surface area contributed by atoms with Crippen molar-refractivity contribution >= 4 is 23.6 Å². The van der Waals surface area contributed by atoms with E-state index in [-0.39, 0.29) is 18.2 Å². The van der Waals surface area contributed by atoms with E-state index in [1.807, 2.05) is 49.3 Å². The zero-order valence-electron chi connectivity index (χ0n) is 17.3. The molecule has 1 atom stereocenters. The van der Waals surface area contributed by atoms with Gasteiger partial charge in [0.05, 0.1) is 6.54 Å². The Bertz CT molecular complexity index is 1010. The number of fused-ring (bicyclic) bond motifs is 1. The maximum absolute atomic E-state index is 12.2. The Kier molecular flexibility index (Phi) is 7.12. The first kappa shape index (κ1) is 21.7. The Morgan fingerprint density at radius 2 is 1.90 bits per heavy atom. The van der Waals surface area contributed by atoms with E-state index < -0.39 is 18.5 Å². The van der Waals surface area contributed by atoms with Crippen LogP contribution in [0.1, 0.15) is 5.56 Å². The number of carbonyl (C=O) groups excluding carboxylic acids is 2. The zero-order valence-corrected chi connectivity index (χ0v) is 17.3. The molecule has 160 valence electrons. The maximum atomic E-state index is 12.2.